The maximum absolute atomic E-state index is 13.3. The van der Waals surface area contributed by atoms with Crippen LogP contribution in [0.2, 0.25) is 0 Å². The van der Waals surface area contributed by atoms with Gasteiger partial charge in [-0.3, -0.25) is 14.5 Å². The number of hydrogen-bond acceptors (Lipinski definition) is 4. The van der Waals surface area contributed by atoms with Gasteiger partial charge in [0.15, 0.2) is 0 Å². The van der Waals surface area contributed by atoms with E-state index < -0.39 is 23.6 Å². The van der Waals surface area contributed by atoms with Crippen LogP contribution >= 0.6 is 0 Å². The number of carbonyl (C=O) groups is 2. The number of hydrogen-bond donors (Lipinski definition) is 2. The minimum absolute atomic E-state index is 0.1000. The summed E-state index contributed by atoms with van der Waals surface area (Å²) >= 11 is 0. The van der Waals surface area contributed by atoms with E-state index in [0.717, 1.165) is 25.2 Å². The Morgan fingerprint density at radius 2 is 1.67 bits per heavy atom. The lowest BCUT2D eigenvalue weighted by Gasteiger charge is -2.26. The van der Waals surface area contributed by atoms with Crippen LogP contribution in [0.3, 0.4) is 0 Å². The molecule has 2 aromatic carbocycles. The number of amides is 2. The van der Waals surface area contributed by atoms with E-state index in [-0.39, 0.29) is 11.3 Å². The van der Waals surface area contributed by atoms with E-state index in [1.54, 1.807) is 30.3 Å². The number of rotatable bonds is 6. The summed E-state index contributed by atoms with van der Waals surface area (Å²) in [7, 11) is 0. The maximum atomic E-state index is 13.3. The largest absolute Gasteiger partial charge is 0.416 e. The molecule has 3 rings (SSSR count). The Balaban J connectivity index is 1.71. The fraction of sp³-hybridized carbons (Fsp3) is 0.333. The molecule has 1 aliphatic rings. The van der Waals surface area contributed by atoms with Crippen LogP contribution in [0.25, 0.3) is 0 Å². The fourth-order valence-electron chi connectivity index (χ4n) is 3.04. The van der Waals surface area contributed by atoms with Gasteiger partial charge < -0.3 is 15.4 Å². The SMILES string of the molecule is O=C(NCCN1CCOCC1)c1cc(NC(=O)c2ccccc2)cc(C(F)(F)F)c1. The molecule has 1 aliphatic heterocycles. The highest BCUT2D eigenvalue weighted by atomic mass is 19.4. The molecule has 1 heterocycles. The third-order valence-electron chi connectivity index (χ3n) is 4.63. The zero-order valence-electron chi connectivity index (χ0n) is 16.2. The first kappa shape index (κ1) is 21.8. The highest BCUT2D eigenvalue weighted by Gasteiger charge is 2.32. The van der Waals surface area contributed by atoms with E-state index in [9.17, 15) is 22.8 Å². The van der Waals surface area contributed by atoms with Gasteiger partial charge in [0.05, 0.1) is 18.8 Å². The van der Waals surface area contributed by atoms with Crippen molar-refractivity contribution in [3.8, 4) is 0 Å². The zero-order valence-corrected chi connectivity index (χ0v) is 16.2. The maximum Gasteiger partial charge on any atom is 0.416 e. The molecule has 0 aliphatic carbocycles. The summed E-state index contributed by atoms with van der Waals surface area (Å²) < 4.78 is 45.2. The van der Waals surface area contributed by atoms with Crippen LogP contribution in [-0.4, -0.2) is 56.1 Å². The van der Waals surface area contributed by atoms with E-state index >= 15 is 0 Å². The highest BCUT2D eigenvalue weighted by molar-refractivity contribution is 6.05. The Bertz CT molecular complexity index is 882. The third kappa shape index (κ3) is 6.04. The third-order valence-corrected chi connectivity index (χ3v) is 4.63. The van der Waals surface area contributed by atoms with Crippen molar-refractivity contribution >= 4 is 17.5 Å². The molecule has 0 aromatic heterocycles. The van der Waals surface area contributed by atoms with Crippen molar-refractivity contribution in [2.24, 2.45) is 0 Å². The van der Waals surface area contributed by atoms with Crippen LogP contribution in [-0.2, 0) is 10.9 Å². The number of anilines is 1. The first-order chi connectivity index (χ1) is 14.3. The van der Waals surface area contributed by atoms with Crippen LogP contribution in [0.15, 0.2) is 48.5 Å². The number of morpholine rings is 1. The quantitative estimate of drug-likeness (QED) is 0.752. The first-order valence-electron chi connectivity index (χ1n) is 9.50. The van der Waals surface area contributed by atoms with Crippen molar-refractivity contribution in [1.82, 2.24) is 10.2 Å². The number of ether oxygens (including phenoxy) is 1. The van der Waals surface area contributed by atoms with E-state index in [1.165, 1.54) is 6.07 Å². The topological polar surface area (TPSA) is 70.7 Å². The smallest absolute Gasteiger partial charge is 0.379 e. The molecular formula is C21H22F3N3O3. The number of nitrogens with one attached hydrogen (secondary N) is 2. The van der Waals surface area contributed by atoms with Crippen LogP contribution in [0, 0.1) is 0 Å². The van der Waals surface area contributed by atoms with Crippen molar-refractivity contribution in [3.63, 3.8) is 0 Å². The Labute approximate surface area is 172 Å². The van der Waals surface area contributed by atoms with Gasteiger partial charge in [0.25, 0.3) is 11.8 Å². The molecule has 1 fully saturated rings. The summed E-state index contributed by atoms with van der Waals surface area (Å²) in [4.78, 5) is 26.8. The van der Waals surface area contributed by atoms with E-state index in [2.05, 4.69) is 15.5 Å². The second-order valence-electron chi connectivity index (χ2n) is 6.83. The Kier molecular flexibility index (Phi) is 7.07. The predicted molar refractivity (Wildman–Crippen MR) is 105 cm³/mol. The lowest BCUT2D eigenvalue weighted by Crippen LogP contribution is -2.41. The Hall–Kier alpha value is -2.91. The number of carbonyl (C=O) groups excluding carboxylic acids is 2. The first-order valence-corrected chi connectivity index (χ1v) is 9.50. The number of alkyl halides is 3. The molecule has 30 heavy (non-hydrogen) atoms. The van der Waals surface area contributed by atoms with Gasteiger partial charge in [-0.1, -0.05) is 18.2 Å². The average Bonchev–Trinajstić information content (AvgIpc) is 2.74. The van der Waals surface area contributed by atoms with Crippen molar-refractivity contribution in [2.45, 2.75) is 6.18 Å². The molecule has 1 saturated heterocycles. The highest BCUT2D eigenvalue weighted by Crippen LogP contribution is 2.32. The summed E-state index contributed by atoms with van der Waals surface area (Å²) in [5.74, 6) is -1.20. The van der Waals surface area contributed by atoms with Crippen molar-refractivity contribution in [1.29, 1.82) is 0 Å². The van der Waals surface area contributed by atoms with Crippen molar-refractivity contribution < 1.29 is 27.5 Å². The second kappa shape index (κ2) is 9.73. The van der Waals surface area contributed by atoms with Gasteiger partial charge in [-0.25, -0.2) is 0 Å². The summed E-state index contributed by atoms with van der Waals surface area (Å²) in [5.41, 5.74) is -0.981. The van der Waals surface area contributed by atoms with E-state index in [0.29, 0.717) is 31.9 Å². The predicted octanol–water partition coefficient (Wildman–Crippen LogP) is 3.02. The summed E-state index contributed by atoms with van der Waals surface area (Å²) in [6.07, 6.45) is -4.66. The average molecular weight is 421 g/mol. The van der Waals surface area contributed by atoms with Gasteiger partial charge in [0.1, 0.15) is 0 Å². The lowest BCUT2D eigenvalue weighted by molar-refractivity contribution is -0.137. The van der Waals surface area contributed by atoms with Gasteiger partial charge in [-0.15, -0.1) is 0 Å². The Morgan fingerprint density at radius 3 is 2.33 bits per heavy atom. The molecule has 160 valence electrons. The van der Waals surface area contributed by atoms with Crippen LogP contribution in [0.1, 0.15) is 26.3 Å². The minimum atomic E-state index is -4.66. The molecule has 9 heteroatoms. The van der Waals surface area contributed by atoms with E-state index in [1.807, 2.05) is 0 Å². The monoisotopic (exact) mass is 421 g/mol. The number of halogens is 3. The van der Waals surface area contributed by atoms with Gasteiger partial charge in [-0.05, 0) is 30.3 Å². The molecule has 2 N–H and O–H groups in total. The molecule has 0 saturated carbocycles. The van der Waals surface area contributed by atoms with Crippen LogP contribution < -0.4 is 10.6 Å². The molecule has 0 atom stereocenters. The van der Waals surface area contributed by atoms with Gasteiger partial charge in [-0.2, -0.15) is 13.2 Å². The lowest BCUT2D eigenvalue weighted by atomic mass is 10.1. The summed E-state index contributed by atoms with van der Waals surface area (Å²) in [6.45, 7) is 3.59. The minimum Gasteiger partial charge on any atom is -0.379 e. The molecule has 0 unspecified atom stereocenters. The van der Waals surface area contributed by atoms with E-state index in [4.69, 9.17) is 4.74 Å². The molecule has 0 spiro atoms. The van der Waals surface area contributed by atoms with Crippen molar-refractivity contribution in [2.75, 3.05) is 44.7 Å². The molecule has 0 bridgehead atoms. The molecule has 2 aromatic rings. The molecular weight excluding hydrogens is 399 g/mol. The summed E-state index contributed by atoms with van der Waals surface area (Å²) in [6, 6.07) is 10.9. The fourth-order valence-corrected chi connectivity index (χ4v) is 3.04. The Morgan fingerprint density at radius 1 is 0.967 bits per heavy atom. The standard InChI is InChI=1S/C21H22F3N3O3/c22-21(23,24)17-12-16(19(28)25-6-7-27-8-10-30-11-9-27)13-18(14-17)26-20(29)15-4-2-1-3-5-15/h1-5,12-14H,6-11H2,(H,25,28)(H,26,29). The summed E-state index contributed by atoms with van der Waals surface area (Å²) in [5, 5.41) is 5.07. The molecule has 6 nitrogen and oxygen atoms in total. The van der Waals surface area contributed by atoms with Crippen molar-refractivity contribution in [3.05, 3.63) is 65.2 Å². The molecule has 0 radical (unpaired) electrons. The number of benzene rings is 2. The zero-order chi connectivity index (χ0) is 21.6. The number of nitrogens with zero attached hydrogens (tertiary/aromatic N) is 1. The van der Waals surface area contributed by atoms with Gasteiger partial charge in [0, 0.05) is 43.0 Å². The second-order valence-corrected chi connectivity index (χ2v) is 6.83. The van der Waals surface area contributed by atoms with Gasteiger partial charge >= 0.3 is 6.18 Å². The van der Waals surface area contributed by atoms with Crippen LogP contribution in [0.5, 0.6) is 0 Å². The normalized spacial score (nSPS) is 14.9. The van der Waals surface area contributed by atoms with Crippen LogP contribution in [0.4, 0.5) is 18.9 Å². The molecule has 2 amide bonds. The van der Waals surface area contributed by atoms with Gasteiger partial charge in [0.2, 0.25) is 0 Å².